The lowest BCUT2D eigenvalue weighted by atomic mass is 9.94. The average Bonchev–Trinajstić information content (AvgIpc) is 3.00. The van der Waals surface area contributed by atoms with Gasteiger partial charge in [-0.25, -0.2) is 0 Å². The van der Waals surface area contributed by atoms with Crippen molar-refractivity contribution >= 4 is 17.2 Å². The van der Waals surface area contributed by atoms with Gasteiger partial charge in [0, 0.05) is 17.0 Å². The number of carbonyl (C=O) groups excluding carboxylic acids is 1. The van der Waals surface area contributed by atoms with Gasteiger partial charge in [0.05, 0.1) is 6.54 Å². The molecule has 92 valence electrons. The second-order valence-electron chi connectivity index (χ2n) is 4.97. The van der Waals surface area contributed by atoms with Crippen molar-refractivity contribution < 1.29 is 4.79 Å². The van der Waals surface area contributed by atoms with Gasteiger partial charge in [0.25, 0.3) is 0 Å². The standard InChI is InChI=1S/C13H18N2OS/c16-13(15-9-4-5-9)8-14-11-2-1-3-12-10(11)6-7-17-12/h6-7,9,11,14H,1-5,8H2,(H,15,16). The second-order valence-corrected chi connectivity index (χ2v) is 5.97. The minimum atomic E-state index is 0.148. The summed E-state index contributed by atoms with van der Waals surface area (Å²) in [5.41, 5.74) is 1.42. The van der Waals surface area contributed by atoms with Crippen molar-refractivity contribution in [3.8, 4) is 0 Å². The van der Waals surface area contributed by atoms with Crippen molar-refractivity contribution in [1.29, 1.82) is 0 Å². The molecule has 4 heteroatoms. The molecule has 0 aliphatic heterocycles. The number of hydrogen-bond donors (Lipinski definition) is 2. The molecule has 1 aromatic rings. The summed E-state index contributed by atoms with van der Waals surface area (Å²) < 4.78 is 0. The molecule has 3 rings (SSSR count). The zero-order valence-corrected chi connectivity index (χ0v) is 10.7. The molecule has 1 atom stereocenters. The summed E-state index contributed by atoms with van der Waals surface area (Å²) in [7, 11) is 0. The van der Waals surface area contributed by atoms with E-state index in [4.69, 9.17) is 0 Å². The molecule has 2 N–H and O–H groups in total. The van der Waals surface area contributed by atoms with Gasteiger partial charge in [-0.15, -0.1) is 11.3 Å². The highest BCUT2D eigenvalue weighted by atomic mass is 32.1. The van der Waals surface area contributed by atoms with Crippen LogP contribution in [0.2, 0.25) is 0 Å². The summed E-state index contributed by atoms with van der Waals surface area (Å²) in [6, 6.07) is 3.05. The number of aryl methyl sites for hydroxylation is 1. The maximum atomic E-state index is 11.6. The summed E-state index contributed by atoms with van der Waals surface area (Å²) >= 11 is 1.84. The Balaban J connectivity index is 1.54. The van der Waals surface area contributed by atoms with E-state index in [0.29, 0.717) is 18.6 Å². The van der Waals surface area contributed by atoms with E-state index >= 15 is 0 Å². The van der Waals surface area contributed by atoms with Gasteiger partial charge < -0.3 is 10.6 Å². The zero-order valence-electron chi connectivity index (χ0n) is 9.87. The molecule has 0 saturated heterocycles. The summed E-state index contributed by atoms with van der Waals surface area (Å²) in [4.78, 5) is 13.1. The first-order valence-corrected chi connectivity index (χ1v) is 7.30. The van der Waals surface area contributed by atoms with Crippen LogP contribution in [0.5, 0.6) is 0 Å². The van der Waals surface area contributed by atoms with Gasteiger partial charge >= 0.3 is 0 Å². The fraction of sp³-hybridized carbons (Fsp3) is 0.615. The molecule has 0 bridgehead atoms. The van der Waals surface area contributed by atoms with Crippen molar-refractivity contribution in [3.05, 3.63) is 21.9 Å². The van der Waals surface area contributed by atoms with E-state index in [1.54, 1.807) is 0 Å². The Labute approximate surface area is 106 Å². The highest BCUT2D eigenvalue weighted by Gasteiger charge is 2.24. The Morgan fingerprint density at radius 1 is 1.41 bits per heavy atom. The fourth-order valence-corrected chi connectivity index (χ4v) is 3.41. The number of nitrogens with one attached hydrogen (secondary N) is 2. The molecule has 17 heavy (non-hydrogen) atoms. The van der Waals surface area contributed by atoms with Crippen LogP contribution in [0.15, 0.2) is 11.4 Å². The van der Waals surface area contributed by atoms with Crippen LogP contribution < -0.4 is 10.6 Å². The van der Waals surface area contributed by atoms with Crippen molar-refractivity contribution in [1.82, 2.24) is 10.6 Å². The van der Waals surface area contributed by atoms with Gasteiger partial charge in [-0.05, 0) is 49.1 Å². The van der Waals surface area contributed by atoms with Gasteiger partial charge in [-0.1, -0.05) is 0 Å². The van der Waals surface area contributed by atoms with Gasteiger partial charge in [0.1, 0.15) is 0 Å². The third-order valence-electron chi connectivity index (χ3n) is 3.50. The molecular formula is C13H18N2OS. The van der Waals surface area contributed by atoms with Crippen LogP contribution in [-0.4, -0.2) is 18.5 Å². The Morgan fingerprint density at radius 3 is 3.12 bits per heavy atom. The number of amides is 1. The van der Waals surface area contributed by atoms with Crippen LogP contribution in [0.3, 0.4) is 0 Å². The van der Waals surface area contributed by atoms with E-state index in [1.807, 2.05) is 11.3 Å². The summed E-state index contributed by atoms with van der Waals surface area (Å²) in [6.45, 7) is 0.455. The molecule has 0 spiro atoms. The molecule has 1 saturated carbocycles. The van der Waals surface area contributed by atoms with Crippen LogP contribution >= 0.6 is 11.3 Å². The van der Waals surface area contributed by atoms with Crippen molar-refractivity contribution in [2.75, 3.05) is 6.54 Å². The first kappa shape index (κ1) is 11.2. The third kappa shape index (κ3) is 2.69. The molecule has 2 aliphatic carbocycles. The molecule has 3 nitrogen and oxygen atoms in total. The maximum Gasteiger partial charge on any atom is 0.234 e. The Morgan fingerprint density at radius 2 is 2.29 bits per heavy atom. The van der Waals surface area contributed by atoms with Crippen LogP contribution in [0.1, 0.15) is 42.2 Å². The van der Waals surface area contributed by atoms with Crippen molar-refractivity contribution in [2.45, 2.75) is 44.2 Å². The van der Waals surface area contributed by atoms with Crippen LogP contribution in [0.4, 0.5) is 0 Å². The van der Waals surface area contributed by atoms with Crippen molar-refractivity contribution in [2.24, 2.45) is 0 Å². The minimum Gasteiger partial charge on any atom is -0.352 e. The Kier molecular flexibility index (Phi) is 3.16. The highest BCUT2D eigenvalue weighted by Crippen LogP contribution is 2.33. The van der Waals surface area contributed by atoms with E-state index < -0.39 is 0 Å². The Hall–Kier alpha value is -0.870. The Bertz CT molecular complexity index is 411. The first-order chi connectivity index (χ1) is 8.33. The van der Waals surface area contributed by atoms with Crippen LogP contribution in [0.25, 0.3) is 0 Å². The van der Waals surface area contributed by atoms with Gasteiger partial charge in [0.15, 0.2) is 0 Å². The molecule has 1 fully saturated rings. The average molecular weight is 250 g/mol. The topological polar surface area (TPSA) is 41.1 Å². The molecule has 1 amide bonds. The monoisotopic (exact) mass is 250 g/mol. The molecule has 1 unspecified atom stereocenters. The molecule has 1 heterocycles. The largest absolute Gasteiger partial charge is 0.352 e. The minimum absolute atomic E-state index is 0.148. The zero-order chi connectivity index (χ0) is 11.7. The second kappa shape index (κ2) is 4.78. The summed E-state index contributed by atoms with van der Waals surface area (Å²) in [6.07, 6.45) is 5.91. The fourth-order valence-electron chi connectivity index (χ4n) is 2.42. The van der Waals surface area contributed by atoms with E-state index in [9.17, 15) is 4.79 Å². The normalized spacial score (nSPS) is 23.2. The smallest absolute Gasteiger partial charge is 0.234 e. The highest BCUT2D eigenvalue weighted by molar-refractivity contribution is 7.10. The molecule has 2 aliphatic rings. The quantitative estimate of drug-likeness (QED) is 0.858. The van der Waals surface area contributed by atoms with Crippen molar-refractivity contribution in [3.63, 3.8) is 0 Å². The lowest BCUT2D eigenvalue weighted by Gasteiger charge is -2.23. The number of fused-ring (bicyclic) bond motifs is 1. The van der Waals surface area contributed by atoms with Crippen LogP contribution in [-0.2, 0) is 11.2 Å². The molecule has 0 radical (unpaired) electrons. The number of thiophene rings is 1. The molecule has 0 aromatic carbocycles. The van der Waals surface area contributed by atoms with E-state index in [-0.39, 0.29) is 5.91 Å². The first-order valence-electron chi connectivity index (χ1n) is 6.42. The molecular weight excluding hydrogens is 232 g/mol. The van der Waals surface area contributed by atoms with E-state index in [2.05, 4.69) is 22.1 Å². The van der Waals surface area contributed by atoms with Crippen LogP contribution in [0, 0.1) is 0 Å². The maximum absolute atomic E-state index is 11.6. The van der Waals surface area contributed by atoms with Gasteiger partial charge in [-0.2, -0.15) is 0 Å². The number of carbonyl (C=O) groups is 1. The lowest BCUT2D eigenvalue weighted by Crippen LogP contribution is -2.37. The molecule has 1 aromatic heterocycles. The number of rotatable bonds is 4. The SMILES string of the molecule is O=C(CNC1CCCc2sccc21)NC1CC1. The summed E-state index contributed by atoms with van der Waals surface area (Å²) in [5.74, 6) is 0.148. The predicted octanol–water partition coefficient (Wildman–Crippen LogP) is 1.99. The summed E-state index contributed by atoms with van der Waals surface area (Å²) in [5, 5.41) is 8.57. The lowest BCUT2D eigenvalue weighted by molar-refractivity contribution is -0.120. The van der Waals surface area contributed by atoms with E-state index in [0.717, 1.165) is 19.3 Å². The predicted molar refractivity (Wildman–Crippen MR) is 69.2 cm³/mol. The number of hydrogen-bond acceptors (Lipinski definition) is 3. The van der Waals surface area contributed by atoms with E-state index in [1.165, 1.54) is 23.3 Å². The van der Waals surface area contributed by atoms with Gasteiger partial charge in [0.2, 0.25) is 5.91 Å². The van der Waals surface area contributed by atoms with Gasteiger partial charge in [-0.3, -0.25) is 4.79 Å². The third-order valence-corrected chi connectivity index (χ3v) is 4.50.